The van der Waals surface area contributed by atoms with Gasteiger partial charge in [0.1, 0.15) is 11.4 Å². The van der Waals surface area contributed by atoms with E-state index in [0.717, 1.165) is 12.2 Å². The third-order valence-electron chi connectivity index (χ3n) is 6.35. The minimum absolute atomic E-state index is 0.0463. The first-order valence-corrected chi connectivity index (χ1v) is 14.0. The topological polar surface area (TPSA) is 106 Å². The summed E-state index contributed by atoms with van der Waals surface area (Å²) in [6, 6.07) is 3.17. The van der Waals surface area contributed by atoms with Crippen LogP contribution in [0.1, 0.15) is 79.3 Å². The highest BCUT2D eigenvalue weighted by atomic mass is 35.5. The quantitative estimate of drug-likeness (QED) is 0.439. The molecule has 1 aromatic carbocycles. The van der Waals surface area contributed by atoms with Crippen LogP contribution >= 0.6 is 23.2 Å². The fourth-order valence-electron chi connectivity index (χ4n) is 4.48. The summed E-state index contributed by atoms with van der Waals surface area (Å²) in [5, 5.41) is 4.08. The maximum absolute atomic E-state index is 13.0. The summed E-state index contributed by atoms with van der Waals surface area (Å²) in [5.41, 5.74) is 5.84. The molecule has 1 aliphatic carbocycles. The number of amides is 2. The fraction of sp³-hybridized carbons (Fsp3) is 0.621. The lowest BCUT2D eigenvalue weighted by molar-refractivity contribution is -0.130. The molecular formula is C29H44Cl2N4O4. The molecule has 1 unspecified atom stereocenters. The third kappa shape index (κ3) is 9.59. The molecule has 2 aliphatic heterocycles. The molecule has 2 heterocycles. The molecule has 39 heavy (non-hydrogen) atoms. The van der Waals surface area contributed by atoms with E-state index in [0.29, 0.717) is 41.6 Å². The summed E-state index contributed by atoms with van der Waals surface area (Å²) in [7, 11) is 1.68. The standard InChI is InChI=1S/C22H28Cl2N4O3.C3H8O.C2H6.C2H2/c1-21(2)9-17(29)28(20(25)27-21)10-11-5-13(11)19(30)26-16-8-22(3,4)31-18-14(16)6-12(23)7-15(18)24;1-3-4-2;2*1-2/h6-7,11,13,16H,5,8-10H2,1-4H3,(H2,25,27)(H,26,30);3H2,1-2H3;1-2H3;1-2H/t11-,13?,16+;;;/m1.../s1. The van der Waals surface area contributed by atoms with Gasteiger partial charge in [0.2, 0.25) is 11.8 Å². The van der Waals surface area contributed by atoms with Crippen molar-refractivity contribution < 1.29 is 19.1 Å². The van der Waals surface area contributed by atoms with Crippen molar-refractivity contribution in [3.05, 3.63) is 27.7 Å². The number of ether oxygens (including phenoxy) is 2. The molecule has 1 aromatic rings. The molecule has 0 spiro atoms. The van der Waals surface area contributed by atoms with Crippen molar-refractivity contribution in [1.82, 2.24) is 10.2 Å². The Hall–Kier alpha value is -2.47. The normalized spacial score (nSPS) is 23.5. The van der Waals surface area contributed by atoms with E-state index < -0.39 is 11.1 Å². The number of methoxy groups -OCH3 is 1. The number of guanidine groups is 1. The zero-order valence-corrected chi connectivity index (χ0v) is 25.9. The van der Waals surface area contributed by atoms with Crippen LogP contribution in [0.2, 0.25) is 10.0 Å². The minimum atomic E-state index is -0.483. The number of benzene rings is 1. The van der Waals surface area contributed by atoms with Gasteiger partial charge in [0, 0.05) is 43.2 Å². The summed E-state index contributed by atoms with van der Waals surface area (Å²) in [6.07, 6.45) is 9.62. The van der Waals surface area contributed by atoms with Crippen molar-refractivity contribution in [1.29, 1.82) is 0 Å². The summed E-state index contributed by atoms with van der Waals surface area (Å²) < 4.78 is 10.6. The fourth-order valence-corrected chi connectivity index (χ4v) is 5.03. The van der Waals surface area contributed by atoms with Gasteiger partial charge in [-0.05, 0) is 59.1 Å². The van der Waals surface area contributed by atoms with Crippen molar-refractivity contribution in [2.45, 2.75) is 84.9 Å². The van der Waals surface area contributed by atoms with Crippen LogP contribution in [-0.2, 0) is 14.3 Å². The van der Waals surface area contributed by atoms with E-state index in [1.54, 1.807) is 19.2 Å². The monoisotopic (exact) mass is 582 g/mol. The number of carbonyl (C=O) groups is 2. The van der Waals surface area contributed by atoms with Gasteiger partial charge in [0.15, 0.2) is 5.96 Å². The van der Waals surface area contributed by atoms with Crippen molar-refractivity contribution in [2.24, 2.45) is 22.6 Å². The van der Waals surface area contributed by atoms with E-state index in [1.807, 2.05) is 48.5 Å². The lowest BCUT2D eigenvalue weighted by atomic mass is 9.89. The number of fused-ring (bicyclic) bond motifs is 1. The number of nitrogens with zero attached hydrogens (tertiary/aromatic N) is 2. The van der Waals surface area contributed by atoms with E-state index in [4.69, 9.17) is 33.7 Å². The average molecular weight is 584 g/mol. The van der Waals surface area contributed by atoms with Crippen molar-refractivity contribution >= 4 is 41.0 Å². The van der Waals surface area contributed by atoms with Gasteiger partial charge < -0.3 is 20.5 Å². The third-order valence-corrected chi connectivity index (χ3v) is 6.85. The Labute approximate surface area is 244 Å². The molecule has 3 N–H and O–H groups in total. The summed E-state index contributed by atoms with van der Waals surface area (Å²) in [5.74, 6) is 0.596. The number of halogens is 2. The Morgan fingerprint density at radius 3 is 2.38 bits per heavy atom. The van der Waals surface area contributed by atoms with Gasteiger partial charge >= 0.3 is 0 Å². The molecule has 0 radical (unpaired) electrons. The molecule has 1 fully saturated rings. The molecule has 3 aliphatic rings. The number of hydrogen-bond acceptors (Lipinski definition) is 6. The van der Waals surface area contributed by atoms with Crippen molar-refractivity contribution in [3.8, 4) is 18.6 Å². The predicted molar refractivity (Wildman–Crippen MR) is 159 cm³/mol. The first kappa shape index (κ1) is 34.6. The first-order chi connectivity index (χ1) is 18.3. The Morgan fingerprint density at radius 1 is 1.26 bits per heavy atom. The molecule has 218 valence electrons. The van der Waals surface area contributed by atoms with Crippen LogP contribution in [0.5, 0.6) is 5.75 Å². The van der Waals surface area contributed by atoms with E-state index in [2.05, 4.69) is 27.9 Å². The molecule has 3 atom stereocenters. The number of terminal acetylenes is 1. The first-order valence-electron chi connectivity index (χ1n) is 13.2. The lowest BCUT2D eigenvalue weighted by Gasteiger charge is -2.38. The van der Waals surface area contributed by atoms with Gasteiger partial charge in [-0.25, -0.2) is 4.99 Å². The Balaban J connectivity index is 0.000000856. The molecular weight excluding hydrogens is 539 g/mol. The van der Waals surface area contributed by atoms with E-state index >= 15 is 0 Å². The van der Waals surface area contributed by atoms with Gasteiger partial charge in [-0.1, -0.05) is 37.0 Å². The highest BCUT2D eigenvalue weighted by Crippen LogP contribution is 2.46. The van der Waals surface area contributed by atoms with Gasteiger partial charge in [-0.15, -0.1) is 12.8 Å². The highest BCUT2D eigenvalue weighted by molar-refractivity contribution is 6.35. The molecule has 1 saturated carbocycles. The molecule has 8 nitrogen and oxygen atoms in total. The maximum Gasteiger partial charge on any atom is 0.231 e. The number of nitrogens with one attached hydrogen (secondary N) is 1. The Kier molecular flexibility index (Phi) is 13.1. The van der Waals surface area contributed by atoms with E-state index in [1.165, 1.54) is 4.90 Å². The van der Waals surface area contributed by atoms with Gasteiger partial charge in [0.25, 0.3) is 0 Å². The van der Waals surface area contributed by atoms with Gasteiger partial charge in [0.05, 0.1) is 23.0 Å². The summed E-state index contributed by atoms with van der Waals surface area (Å²) in [4.78, 5) is 31.4. The summed E-state index contributed by atoms with van der Waals surface area (Å²) in [6.45, 7) is 14.9. The largest absolute Gasteiger partial charge is 0.486 e. The highest BCUT2D eigenvalue weighted by Gasteiger charge is 2.47. The number of aliphatic imine (C=N–C) groups is 1. The zero-order valence-electron chi connectivity index (χ0n) is 24.4. The van der Waals surface area contributed by atoms with Crippen LogP contribution in [0.15, 0.2) is 17.1 Å². The number of nitrogens with two attached hydrogens (primary N) is 1. The number of carbonyl (C=O) groups excluding carboxylic acids is 2. The average Bonchev–Trinajstić information content (AvgIpc) is 3.63. The van der Waals surface area contributed by atoms with Gasteiger partial charge in [-0.2, -0.15) is 0 Å². The van der Waals surface area contributed by atoms with Crippen LogP contribution in [-0.4, -0.2) is 54.1 Å². The van der Waals surface area contributed by atoms with E-state index in [9.17, 15) is 9.59 Å². The molecule has 2 amide bonds. The van der Waals surface area contributed by atoms with Crippen molar-refractivity contribution in [2.75, 3.05) is 20.3 Å². The summed E-state index contributed by atoms with van der Waals surface area (Å²) >= 11 is 12.5. The van der Waals surface area contributed by atoms with Crippen LogP contribution < -0.4 is 15.8 Å². The van der Waals surface area contributed by atoms with Gasteiger partial charge in [-0.3, -0.25) is 14.5 Å². The molecule has 10 heteroatoms. The zero-order chi connectivity index (χ0) is 30.1. The van der Waals surface area contributed by atoms with Crippen LogP contribution in [0.4, 0.5) is 0 Å². The molecule has 0 aromatic heterocycles. The Morgan fingerprint density at radius 2 is 1.85 bits per heavy atom. The van der Waals surface area contributed by atoms with E-state index in [-0.39, 0.29) is 35.7 Å². The van der Waals surface area contributed by atoms with Crippen LogP contribution in [0.3, 0.4) is 0 Å². The van der Waals surface area contributed by atoms with Crippen LogP contribution in [0.25, 0.3) is 0 Å². The molecule has 0 saturated heterocycles. The lowest BCUT2D eigenvalue weighted by Crippen LogP contribution is -2.50. The second-order valence-electron chi connectivity index (χ2n) is 10.6. The second kappa shape index (κ2) is 14.8. The number of hydrogen-bond donors (Lipinski definition) is 2. The predicted octanol–water partition coefficient (Wildman–Crippen LogP) is 5.60. The number of rotatable bonds is 5. The SMILES string of the molecule is C#C.CC.CC1(C)CC(=O)N(C[C@H]2CC2C(=O)N[C@H]2CC(C)(C)Oc3c(Cl)cc(Cl)cc32)C(N)=N1.CCOC. The smallest absolute Gasteiger partial charge is 0.231 e. The molecule has 4 rings (SSSR count). The second-order valence-corrected chi connectivity index (χ2v) is 11.4. The maximum atomic E-state index is 13.0. The Bertz CT molecular complexity index is 1050. The van der Waals surface area contributed by atoms with Crippen molar-refractivity contribution in [3.63, 3.8) is 0 Å². The minimum Gasteiger partial charge on any atom is -0.486 e. The molecule has 0 bridgehead atoms. The van der Waals surface area contributed by atoms with Crippen LogP contribution in [0, 0.1) is 24.7 Å².